The molecule has 0 aliphatic rings. The van der Waals surface area contributed by atoms with Gasteiger partial charge >= 0.3 is 5.97 Å². The average Bonchev–Trinajstić information content (AvgIpc) is 3.05. The van der Waals surface area contributed by atoms with Crippen LogP contribution in [0.1, 0.15) is 55.9 Å². The first-order valence-electron chi connectivity index (χ1n) is 9.82. The highest BCUT2D eigenvalue weighted by Gasteiger charge is 2.21. The summed E-state index contributed by atoms with van der Waals surface area (Å²) in [7, 11) is 0. The Labute approximate surface area is 163 Å². The summed E-state index contributed by atoms with van der Waals surface area (Å²) in [6, 6.07) is 4.01. The van der Waals surface area contributed by atoms with Gasteiger partial charge in [-0.3, -0.25) is 4.98 Å². The molecule has 0 saturated heterocycles. The van der Waals surface area contributed by atoms with E-state index in [0.717, 1.165) is 56.9 Å². The predicted octanol–water partition coefficient (Wildman–Crippen LogP) is 4.74. The molecule has 28 heavy (non-hydrogen) atoms. The molecular weight excluding hydrogens is 352 g/mol. The molecule has 0 saturated carbocycles. The van der Waals surface area contributed by atoms with Crippen LogP contribution in [0.25, 0.3) is 32.8 Å². The smallest absolute Gasteiger partial charge is 0.357 e. The fraction of sp³-hybridized carbons (Fsp3) is 0.364. The van der Waals surface area contributed by atoms with Gasteiger partial charge in [-0.25, -0.2) is 14.8 Å². The number of nitrogens with zero attached hydrogens (tertiary/aromatic N) is 3. The average molecular weight is 376 g/mol. The largest absolute Gasteiger partial charge is 0.458 e. The molecule has 3 heterocycles. The highest BCUT2D eigenvalue weighted by Crippen LogP contribution is 2.34. The molecule has 0 aliphatic heterocycles. The van der Waals surface area contributed by atoms with Gasteiger partial charge in [0.15, 0.2) is 5.69 Å². The van der Waals surface area contributed by atoms with Crippen molar-refractivity contribution in [2.75, 3.05) is 0 Å². The molecule has 3 aromatic heterocycles. The fourth-order valence-electron chi connectivity index (χ4n) is 3.73. The summed E-state index contributed by atoms with van der Waals surface area (Å²) in [6.45, 7) is 7.83. The predicted molar refractivity (Wildman–Crippen MR) is 111 cm³/mol. The Morgan fingerprint density at radius 2 is 1.93 bits per heavy atom. The Bertz CT molecular complexity index is 1190. The van der Waals surface area contributed by atoms with E-state index in [1.807, 2.05) is 39.1 Å². The first-order valence-corrected chi connectivity index (χ1v) is 9.82. The quantitative estimate of drug-likeness (QED) is 0.509. The Hall–Kier alpha value is -3.02. The maximum absolute atomic E-state index is 12.6. The van der Waals surface area contributed by atoms with E-state index < -0.39 is 0 Å². The number of aryl methyl sites for hydroxylation is 2. The summed E-state index contributed by atoms with van der Waals surface area (Å²) >= 11 is 0. The third-order valence-electron chi connectivity index (χ3n) is 4.86. The lowest BCUT2D eigenvalue weighted by molar-refractivity contribution is 0.0370. The minimum Gasteiger partial charge on any atom is -0.458 e. The van der Waals surface area contributed by atoms with Crippen LogP contribution in [0, 0.1) is 0 Å². The van der Waals surface area contributed by atoms with Gasteiger partial charge in [0, 0.05) is 22.5 Å². The minimum absolute atomic E-state index is 0.193. The third-order valence-corrected chi connectivity index (χ3v) is 4.86. The van der Waals surface area contributed by atoms with E-state index in [-0.39, 0.29) is 12.1 Å². The number of carbonyl (C=O) groups excluding carboxylic acids is 1. The van der Waals surface area contributed by atoms with Crippen molar-refractivity contribution < 1.29 is 9.53 Å². The lowest BCUT2D eigenvalue weighted by Crippen LogP contribution is -2.15. The highest BCUT2D eigenvalue weighted by atomic mass is 16.5. The summed E-state index contributed by atoms with van der Waals surface area (Å²) < 4.78 is 5.41. The number of aromatic amines is 1. The van der Waals surface area contributed by atoms with Crippen LogP contribution in [-0.4, -0.2) is 32.0 Å². The summed E-state index contributed by atoms with van der Waals surface area (Å²) in [5, 5.41) is 1.97. The van der Waals surface area contributed by atoms with Crippen LogP contribution in [0.5, 0.6) is 0 Å². The maximum Gasteiger partial charge on any atom is 0.357 e. The number of esters is 1. The molecule has 0 fully saturated rings. The van der Waals surface area contributed by atoms with Crippen molar-refractivity contribution in [3.63, 3.8) is 0 Å². The number of nitrogens with one attached hydrogen (secondary N) is 1. The topological polar surface area (TPSA) is 80.8 Å². The molecule has 0 spiro atoms. The Morgan fingerprint density at radius 1 is 1.11 bits per heavy atom. The van der Waals surface area contributed by atoms with E-state index in [4.69, 9.17) is 14.7 Å². The van der Waals surface area contributed by atoms with E-state index >= 15 is 0 Å². The first kappa shape index (κ1) is 18.3. The molecule has 0 bridgehead atoms. The van der Waals surface area contributed by atoms with Crippen molar-refractivity contribution in [2.24, 2.45) is 0 Å². The van der Waals surface area contributed by atoms with Crippen molar-refractivity contribution in [2.45, 2.75) is 53.1 Å². The number of ether oxygens (including phenoxy) is 1. The van der Waals surface area contributed by atoms with Crippen molar-refractivity contribution >= 4 is 38.8 Å². The van der Waals surface area contributed by atoms with Crippen LogP contribution < -0.4 is 0 Å². The molecule has 1 N–H and O–H groups in total. The zero-order valence-corrected chi connectivity index (χ0v) is 16.7. The molecule has 0 atom stereocenters. The van der Waals surface area contributed by atoms with Gasteiger partial charge in [-0.2, -0.15) is 0 Å². The number of pyridine rings is 1. The molecule has 6 nitrogen and oxygen atoms in total. The first-order chi connectivity index (χ1) is 13.5. The van der Waals surface area contributed by atoms with E-state index in [1.165, 1.54) is 0 Å². The molecule has 4 rings (SSSR count). The van der Waals surface area contributed by atoms with Gasteiger partial charge in [0.2, 0.25) is 0 Å². The van der Waals surface area contributed by atoms with Gasteiger partial charge in [-0.1, -0.05) is 20.3 Å². The van der Waals surface area contributed by atoms with Crippen LogP contribution >= 0.6 is 0 Å². The molecular formula is C22H24N4O2. The molecule has 0 amide bonds. The molecule has 1 aromatic carbocycles. The van der Waals surface area contributed by atoms with E-state index in [2.05, 4.69) is 16.9 Å². The summed E-state index contributed by atoms with van der Waals surface area (Å²) in [5.41, 5.74) is 5.80. The Morgan fingerprint density at radius 3 is 2.64 bits per heavy atom. The summed E-state index contributed by atoms with van der Waals surface area (Å²) in [6.07, 6.45) is 5.96. The van der Waals surface area contributed by atoms with Crippen LogP contribution in [0.15, 0.2) is 24.5 Å². The molecule has 0 aliphatic carbocycles. The van der Waals surface area contributed by atoms with Crippen molar-refractivity contribution in [1.29, 1.82) is 0 Å². The van der Waals surface area contributed by atoms with Gasteiger partial charge in [-0.15, -0.1) is 0 Å². The zero-order chi connectivity index (χ0) is 19.8. The van der Waals surface area contributed by atoms with Gasteiger partial charge in [0.25, 0.3) is 0 Å². The van der Waals surface area contributed by atoms with Gasteiger partial charge < -0.3 is 9.72 Å². The number of carbonyl (C=O) groups is 1. The Balaban J connectivity index is 2.03. The van der Waals surface area contributed by atoms with E-state index in [1.54, 1.807) is 6.20 Å². The standard InChI is InChI=1S/C22H24N4O2/c1-5-7-13-10-23-21-16(25-13)9-8-15-19(21)18-14(6-2)20(22(27)28-12(3)4)24-11-17(18)26-15/h8-12,26H,5-7H2,1-4H3. The highest BCUT2D eigenvalue weighted by molar-refractivity contribution is 6.20. The second-order valence-corrected chi connectivity index (χ2v) is 7.27. The lowest BCUT2D eigenvalue weighted by Gasteiger charge is -2.11. The van der Waals surface area contributed by atoms with Crippen molar-refractivity contribution in [3.05, 3.63) is 41.5 Å². The zero-order valence-electron chi connectivity index (χ0n) is 16.7. The maximum atomic E-state index is 12.6. The number of aromatic nitrogens is 4. The van der Waals surface area contributed by atoms with E-state index in [9.17, 15) is 4.79 Å². The number of H-pyrrole nitrogens is 1. The monoisotopic (exact) mass is 376 g/mol. The lowest BCUT2D eigenvalue weighted by atomic mass is 10.0. The van der Waals surface area contributed by atoms with Crippen LogP contribution in [0.4, 0.5) is 0 Å². The molecule has 0 radical (unpaired) electrons. The summed E-state index contributed by atoms with van der Waals surface area (Å²) in [5.74, 6) is -0.389. The third kappa shape index (κ3) is 2.99. The van der Waals surface area contributed by atoms with Gasteiger partial charge in [0.05, 0.1) is 34.5 Å². The molecule has 144 valence electrons. The Kier molecular flexibility index (Phi) is 4.71. The van der Waals surface area contributed by atoms with Crippen molar-refractivity contribution in [1.82, 2.24) is 19.9 Å². The minimum atomic E-state index is -0.389. The normalized spacial score (nSPS) is 11.8. The number of hydrogen-bond donors (Lipinski definition) is 1. The van der Waals surface area contributed by atoms with Crippen LogP contribution in [0.2, 0.25) is 0 Å². The van der Waals surface area contributed by atoms with Crippen LogP contribution in [-0.2, 0) is 17.6 Å². The van der Waals surface area contributed by atoms with Crippen molar-refractivity contribution in [3.8, 4) is 0 Å². The number of rotatable bonds is 5. The molecule has 4 aromatic rings. The van der Waals surface area contributed by atoms with Crippen LogP contribution in [0.3, 0.4) is 0 Å². The second kappa shape index (κ2) is 7.19. The second-order valence-electron chi connectivity index (χ2n) is 7.27. The fourth-order valence-corrected chi connectivity index (χ4v) is 3.73. The van der Waals surface area contributed by atoms with Gasteiger partial charge in [-0.05, 0) is 44.4 Å². The number of fused-ring (bicyclic) bond motifs is 5. The summed E-state index contributed by atoms with van der Waals surface area (Å²) in [4.78, 5) is 29.9. The van der Waals surface area contributed by atoms with E-state index in [0.29, 0.717) is 12.1 Å². The molecule has 6 heteroatoms. The molecule has 0 unspecified atom stereocenters. The van der Waals surface area contributed by atoms with Gasteiger partial charge in [0.1, 0.15) is 0 Å². The SMILES string of the molecule is CCCc1cnc2c(ccc3[nH]c4cnc(C(=O)OC(C)C)c(CC)c4c32)n1. The number of benzene rings is 1. The number of hydrogen-bond acceptors (Lipinski definition) is 5.